The Morgan fingerprint density at radius 3 is 2.40 bits per heavy atom. The van der Waals surface area contributed by atoms with Gasteiger partial charge in [0.25, 0.3) is 0 Å². The molecule has 4 unspecified atom stereocenters. The quantitative estimate of drug-likeness (QED) is 0.203. The molecule has 2 heterocycles. The van der Waals surface area contributed by atoms with Crippen molar-refractivity contribution in [3.8, 4) is 0 Å². The Labute approximate surface area is 175 Å². The number of carboxylic acid groups (broad SMARTS) is 1. The van der Waals surface area contributed by atoms with Crippen molar-refractivity contribution >= 4 is 23.7 Å². The second kappa shape index (κ2) is 11.8. The van der Waals surface area contributed by atoms with Gasteiger partial charge in [-0.25, -0.2) is 4.79 Å². The van der Waals surface area contributed by atoms with Crippen molar-refractivity contribution in [2.45, 2.75) is 69.1 Å². The number of hydrogen-bond acceptors (Lipinski definition) is 7. The van der Waals surface area contributed by atoms with Crippen LogP contribution in [0.2, 0.25) is 0 Å². The first-order chi connectivity index (χ1) is 14.4. The van der Waals surface area contributed by atoms with Gasteiger partial charge in [0, 0.05) is 6.54 Å². The number of aliphatic hydroxyl groups is 1. The minimum absolute atomic E-state index is 0.231. The molecule has 4 atom stereocenters. The molecule has 0 aromatic heterocycles. The minimum atomic E-state index is -1.43. The van der Waals surface area contributed by atoms with Crippen molar-refractivity contribution in [3.05, 3.63) is 0 Å². The number of aliphatic carboxylic acids is 1. The van der Waals surface area contributed by atoms with Gasteiger partial charge in [0.2, 0.25) is 17.7 Å². The van der Waals surface area contributed by atoms with Crippen LogP contribution in [0.4, 0.5) is 0 Å². The zero-order valence-electron chi connectivity index (χ0n) is 17.1. The van der Waals surface area contributed by atoms with Gasteiger partial charge in [-0.2, -0.15) is 0 Å². The lowest BCUT2D eigenvalue weighted by Crippen LogP contribution is -2.57. The highest BCUT2D eigenvalue weighted by molar-refractivity contribution is 5.94. The fourth-order valence-electron chi connectivity index (χ4n) is 3.89. The molecule has 2 fully saturated rings. The van der Waals surface area contributed by atoms with Crippen LogP contribution < -0.4 is 21.7 Å². The number of likely N-dealkylation sites (tertiary alicyclic amines) is 1. The van der Waals surface area contributed by atoms with Crippen molar-refractivity contribution in [1.82, 2.24) is 20.9 Å². The van der Waals surface area contributed by atoms with Crippen molar-refractivity contribution in [2.75, 3.05) is 26.2 Å². The van der Waals surface area contributed by atoms with E-state index in [1.807, 2.05) is 0 Å². The van der Waals surface area contributed by atoms with Gasteiger partial charge in [-0.1, -0.05) is 0 Å². The summed E-state index contributed by atoms with van der Waals surface area (Å²) in [7, 11) is 0. The average molecular weight is 428 g/mol. The summed E-state index contributed by atoms with van der Waals surface area (Å²) in [6.07, 6.45) is 4.37. The summed E-state index contributed by atoms with van der Waals surface area (Å²) in [5, 5.41) is 26.4. The highest BCUT2D eigenvalue weighted by Crippen LogP contribution is 2.20. The van der Waals surface area contributed by atoms with E-state index < -0.39 is 36.6 Å². The van der Waals surface area contributed by atoms with E-state index in [2.05, 4.69) is 16.0 Å². The molecule has 30 heavy (non-hydrogen) atoms. The molecule has 0 aliphatic carbocycles. The number of hydrogen-bond donors (Lipinski definition) is 6. The van der Waals surface area contributed by atoms with Crippen LogP contribution in [-0.4, -0.2) is 89.2 Å². The van der Waals surface area contributed by atoms with Crippen LogP contribution in [0.25, 0.3) is 0 Å². The van der Waals surface area contributed by atoms with E-state index >= 15 is 0 Å². The lowest BCUT2D eigenvalue weighted by atomic mass is 10.1. The summed E-state index contributed by atoms with van der Waals surface area (Å²) in [4.78, 5) is 50.8. The maximum atomic E-state index is 13.2. The normalized spacial score (nSPS) is 23.1. The number of aliphatic hydroxyl groups excluding tert-OH is 1. The molecule has 0 bridgehead atoms. The van der Waals surface area contributed by atoms with Crippen LogP contribution in [0, 0.1) is 0 Å². The fourth-order valence-corrected chi connectivity index (χ4v) is 3.89. The van der Waals surface area contributed by atoms with Crippen LogP contribution in [0.5, 0.6) is 0 Å². The maximum absolute atomic E-state index is 13.2. The third kappa shape index (κ3) is 6.38. The molecule has 0 aromatic carbocycles. The molecule has 11 heteroatoms. The van der Waals surface area contributed by atoms with E-state index in [0.717, 1.165) is 13.0 Å². The van der Waals surface area contributed by atoms with E-state index in [-0.39, 0.29) is 17.9 Å². The van der Waals surface area contributed by atoms with E-state index in [1.165, 1.54) is 4.90 Å². The molecule has 7 N–H and O–H groups in total. The molecular formula is C19H33N5O6. The number of rotatable bonds is 11. The number of carbonyl (C=O) groups is 4. The van der Waals surface area contributed by atoms with Crippen LogP contribution >= 0.6 is 0 Å². The van der Waals surface area contributed by atoms with Gasteiger partial charge in [-0.05, 0) is 58.0 Å². The fraction of sp³-hybridized carbons (Fsp3) is 0.789. The number of nitrogens with two attached hydrogens (primary N) is 1. The summed E-state index contributed by atoms with van der Waals surface area (Å²) >= 11 is 0. The Morgan fingerprint density at radius 2 is 1.80 bits per heavy atom. The summed E-state index contributed by atoms with van der Waals surface area (Å²) in [5.74, 6) is -2.55. The zero-order chi connectivity index (χ0) is 22.1. The monoisotopic (exact) mass is 427 g/mol. The van der Waals surface area contributed by atoms with Gasteiger partial charge in [0.1, 0.15) is 18.1 Å². The van der Waals surface area contributed by atoms with Crippen molar-refractivity contribution in [3.63, 3.8) is 0 Å². The third-order valence-electron chi connectivity index (χ3n) is 5.57. The minimum Gasteiger partial charge on any atom is -0.480 e. The molecule has 170 valence electrons. The molecule has 0 aromatic rings. The first-order valence-corrected chi connectivity index (χ1v) is 10.6. The lowest BCUT2D eigenvalue weighted by Gasteiger charge is -2.30. The largest absolute Gasteiger partial charge is 0.480 e. The molecule has 3 amide bonds. The predicted molar refractivity (Wildman–Crippen MR) is 107 cm³/mol. The smallest absolute Gasteiger partial charge is 0.328 e. The third-order valence-corrected chi connectivity index (χ3v) is 5.57. The summed E-state index contributed by atoms with van der Waals surface area (Å²) in [6.45, 7) is 0.839. The Balaban J connectivity index is 2.06. The van der Waals surface area contributed by atoms with Crippen LogP contribution in [0.1, 0.15) is 44.9 Å². The SMILES string of the molecule is NCCCCC(NC(=O)C1CCCN1)C(=O)N1CCCC1C(=O)NC(CO)C(=O)O. The molecule has 2 rings (SSSR count). The number of nitrogens with zero attached hydrogens (tertiary/aromatic N) is 1. The lowest BCUT2D eigenvalue weighted by molar-refractivity contribution is -0.145. The highest BCUT2D eigenvalue weighted by Gasteiger charge is 2.39. The van der Waals surface area contributed by atoms with Gasteiger partial charge in [0.05, 0.1) is 12.6 Å². The second-order valence-corrected chi connectivity index (χ2v) is 7.77. The first kappa shape index (κ1) is 24.0. The predicted octanol–water partition coefficient (Wildman–Crippen LogP) is -2.10. The van der Waals surface area contributed by atoms with Gasteiger partial charge in [0.15, 0.2) is 0 Å². The maximum Gasteiger partial charge on any atom is 0.328 e. The van der Waals surface area contributed by atoms with E-state index in [1.54, 1.807) is 0 Å². The number of amides is 3. The molecule has 0 radical (unpaired) electrons. The topological polar surface area (TPSA) is 174 Å². The Hall–Kier alpha value is -2.24. The summed E-state index contributed by atoms with van der Waals surface area (Å²) < 4.78 is 0. The van der Waals surface area contributed by atoms with Crippen LogP contribution in [-0.2, 0) is 19.2 Å². The first-order valence-electron chi connectivity index (χ1n) is 10.6. The van der Waals surface area contributed by atoms with Gasteiger partial charge < -0.3 is 36.8 Å². The van der Waals surface area contributed by atoms with Crippen LogP contribution in [0.15, 0.2) is 0 Å². The average Bonchev–Trinajstić information content (AvgIpc) is 3.42. The molecule has 2 aliphatic rings. The van der Waals surface area contributed by atoms with Crippen molar-refractivity contribution < 1.29 is 29.4 Å². The second-order valence-electron chi connectivity index (χ2n) is 7.77. The zero-order valence-corrected chi connectivity index (χ0v) is 17.1. The Kier molecular flexibility index (Phi) is 9.47. The van der Waals surface area contributed by atoms with E-state index in [9.17, 15) is 19.2 Å². The number of nitrogens with one attached hydrogen (secondary N) is 3. The molecule has 11 nitrogen and oxygen atoms in total. The van der Waals surface area contributed by atoms with Crippen LogP contribution in [0.3, 0.4) is 0 Å². The van der Waals surface area contributed by atoms with Gasteiger partial charge in [-0.15, -0.1) is 0 Å². The van der Waals surface area contributed by atoms with E-state index in [4.69, 9.17) is 15.9 Å². The van der Waals surface area contributed by atoms with E-state index in [0.29, 0.717) is 51.6 Å². The molecular weight excluding hydrogens is 394 g/mol. The van der Waals surface area contributed by atoms with Crippen molar-refractivity contribution in [1.29, 1.82) is 0 Å². The summed E-state index contributed by atoms with van der Waals surface area (Å²) in [5.41, 5.74) is 5.55. The number of unbranched alkanes of at least 4 members (excludes halogenated alkanes) is 1. The Morgan fingerprint density at radius 1 is 1.07 bits per heavy atom. The molecule has 0 spiro atoms. The highest BCUT2D eigenvalue weighted by atomic mass is 16.4. The Bertz CT molecular complexity index is 625. The van der Waals surface area contributed by atoms with Gasteiger partial charge >= 0.3 is 5.97 Å². The number of carboxylic acids is 1. The standard InChI is InChI=1S/C19H33N5O6/c20-8-2-1-5-13(22-16(26)12-6-3-9-21-12)18(28)24-10-4-7-15(24)17(27)23-14(11-25)19(29)30/h12-15,21,25H,1-11,20H2,(H,22,26)(H,23,27)(H,29,30). The van der Waals surface area contributed by atoms with Gasteiger partial charge in [-0.3, -0.25) is 14.4 Å². The molecule has 2 aliphatic heterocycles. The summed E-state index contributed by atoms with van der Waals surface area (Å²) in [6, 6.07) is -3.35. The molecule has 0 saturated carbocycles. The molecule has 2 saturated heterocycles. The number of carbonyl (C=O) groups excluding carboxylic acids is 3. The van der Waals surface area contributed by atoms with Crippen molar-refractivity contribution in [2.24, 2.45) is 5.73 Å².